The predicted octanol–water partition coefficient (Wildman–Crippen LogP) is 3.49. The molecular weight excluding hydrogens is 318 g/mol. The SMILES string of the molecule is O=C(Cc1cccs1)NCc1ccc(C(=O)c2ccco2)s1. The van der Waals surface area contributed by atoms with Gasteiger partial charge in [0.25, 0.3) is 0 Å². The van der Waals surface area contributed by atoms with Gasteiger partial charge in [0.2, 0.25) is 11.7 Å². The van der Waals surface area contributed by atoms with E-state index in [4.69, 9.17) is 4.42 Å². The maximum absolute atomic E-state index is 12.1. The monoisotopic (exact) mass is 331 g/mol. The lowest BCUT2D eigenvalue weighted by Gasteiger charge is -2.01. The van der Waals surface area contributed by atoms with Crippen LogP contribution in [-0.2, 0) is 17.8 Å². The standard InChI is InChI=1S/C16H13NO3S2/c18-15(9-11-3-2-8-21-11)17-10-12-5-6-14(22-12)16(19)13-4-1-7-20-13/h1-8H,9-10H2,(H,17,18). The minimum Gasteiger partial charge on any atom is -0.461 e. The highest BCUT2D eigenvalue weighted by Gasteiger charge is 2.14. The molecule has 3 rings (SSSR count). The molecule has 0 aliphatic heterocycles. The fourth-order valence-electron chi connectivity index (χ4n) is 1.94. The average Bonchev–Trinajstić information content (AvgIpc) is 3.26. The van der Waals surface area contributed by atoms with Crippen LogP contribution < -0.4 is 5.32 Å². The van der Waals surface area contributed by atoms with Crippen LogP contribution in [0.25, 0.3) is 0 Å². The van der Waals surface area contributed by atoms with E-state index < -0.39 is 0 Å². The normalized spacial score (nSPS) is 10.5. The summed E-state index contributed by atoms with van der Waals surface area (Å²) in [5.74, 6) is 0.177. The number of carbonyl (C=O) groups excluding carboxylic acids is 2. The highest BCUT2D eigenvalue weighted by molar-refractivity contribution is 7.14. The minimum absolute atomic E-state index is 0.0187. The first-order chi connectivity index (χ1) is 10.7. The number of ketones is 1. The number of furan rings is 1. The van der Waals surface area contributed by atoms with Gasteiger partial charge >= 0.3 is 0 Å². The van der Waals surface area contributed by atoms with Crippen LogP contribution in [0.15, 0.2) is 52.5 Å². The van der Waals surface area contributed by atoms with Crippen molar-refractivity contribution >= 4 is 34.4 Å². The Balaban J connectivity index is 1.55. The summed E-state index contributed by atoms with van der Waals surface area (Å²) >= 11 is 2.93. The van der Waals surface area contributed by atoms with E-state index in [2.05, 4.69) is 5.32 Å². The maximum atomic E-state index is 12.1. The Labute approximate surface area is 135 Å². The molecule has 22 heavy (non-hydrogen) atoms. The molecular formula is C16H13NO3S2. The van der Waals surface area contributed by atoms with E-state index in [1.54, 1.807) is 29.5 Å². The zero-order chi connectivity index (χ0) is 15.4. The lowest BCUT2D eigenvalue weighted by molar-refractivity contribution is -0.120. The van der Waals surface area contributed by atoms with Crippen LogP contribution >= 0.6 is 22.7 Å². The molecule has 0 aliphatic rings. The zero-order valence-electron chi connectivity index (χ0n) is 11.6. The lowest BCUT2D eigenvalue weighted by atomic mass is 10.2. The molecule has 0 aliphatic carbocycles. The van der Waals surface area contributed by atoms with Crippen molar-refractivity contribution in [3.8, 4) is 0 Å². The van der Waals surface area contributed by atoms with Crippen LogP contribution in [-0.4, -0.2) is 11.7 Å². The summed E-state index contributed by atoms with van der Waals surface area (Å²) in [5, 5.41) is 4.82. The Hall–Kier alpha value is -2.18. The van der Waals surface area contributed by atoms with Crippen LogP contribution in [0.3, 0.4) is 0 Å². The highest BCUT2D eigenvalue weighted by atomic mass is 32.1. The minimum atomic E-state index is -0.133. The highest BCUT2D eigenvalue weighted by Crippen LogP contribution is 2.20. The molecule has 4 nitrogen and oxygen atoms in total. The summed E-state index contributed by atoms with van der Waals surface area (Å²) in [7, 11) is 0. The van der Waals surface area contributed by atoms with Crippen molar-refractivity contribution in [2.45, 2.75) is 13.0 Å². The van der Waals surface area contributed by atoms with Crippen LogP contribution in [0.1, 0.15) is 25.2 Å². The van der Waals surface area contributed by atoms with Crippen molar-refractivity contribution < 1.29 is 14.0 Å². The molecule has 6 heteroatoms. The number of thiophene rings is 2. The third-order valence-electron chi connectivity index (χ3n) is 3.01. The summed E-state index contributed by atoms with van der Waals surface area (Å²) in [6.07, 6.45) is 1.87. The van der Waals surface area contributed by atoms with Crippen LogP contribution in [0, 0.1) is 0 Å². The third kappa shape index (κ3) is 3.52. The summed E-state index contributed by atoms with van der Waals surface area (Å²) in [5.41, 5.74) is 0. The van der Waals surface area contributed by atoms with E-state index >= 15 is 0 Å². The lowest BCUT2D eigenvalue weighted by Crippen LogP contribution is -2.23. The molecule has 1 amide bonds. The molecule has 0 spiro atoms. The Morgan fingerprint density at radius 3 is 2.73 bits per heavy atom. The van der Waals surface area contributed by atoms with Crippen LogP contribution in [0.2, 0.25) is 0 Å². The summed E-state index contributed by atoms with van der Waals surface area (Å²) in [4.78, 5) is 26.5. The van der Waals surface area contributed by atoms with Gasteiger partial charge in [0, 0.05) is 9.75 Å². The van der Waals surface area contributed by atoms with Gasteiger partial charge < -0.3 is 9.73 Å². The van der Waals surface area contributed by atoms with E-state index in [0.717, 1.165) is 9.75 Å². The van der Waals surface area contributed by atoms with Crippen molar-refractivity contribution in [1.82, 2.24) is 5.32 Å². The van der Waals surface area contributed by atoms with E-state index in [-0.39, 0.29) is 11.7 Å². The van der Waals surface area contributed by atoms with Gasteiger partial charge in [0.05, 0.1) is 24.1 Å². The first-order valence-electron chi connectivity index (χ1n) is 6.68. The molecule has 1 N–H and O–H groups in total. The summed E-state index contributed by atoms with van der Waals surface area (Å²) in [6.45, 7) is 0.431. The van der Waals surface area contributed by atoms with Crippen molar-refractivity contribution in [3.63, 3.8) is 0 Å². The molecule has 0 fully saturated rings. The topological polar surface area (TPSA) is 59.3 Å². The number of nitrogens with one attached hydrogen (secondary N) is 1. The van der Waals surface area contributed by atoms with Gasteiger partial charge in [0.15, 0.2) is 5.76 Å². The van der Waals surface area contributed by atoms with Crippen molar-refractivity contribution in [3.05, 3.63) is 68.4 Å². The van der Waals surface area contributed by atoms with Gasteiger partial charge in [-0.2, -0.15) is 0 Å². The second-order valence-electron chi connectivity index (χ2n) is 4.61. The van der Waals surface area contributed by atoms with E-state index in [9.17, 15) is 9.59 Å². The molecule has 0 saturated carbocycles. The van der Waals surface area contributed by atoms with Gasteiger partial charge in [-0.15, -0.1) is 22.7 Å². The third-order valence-corrected chi connectivity index (χ3v) is 4.97. The maximum Gasteiger partial charge on any atom is 0.238 e. The number of amides is 1. The average molecular weight is 331 g/mol. The van der Waals surface area contributed by atoms with Crippen molar-refractivity contribution in [1.29, 1.82) is 0 Å². The molecule has 3 heterocycles. The predicted molar refractivity (Wildman–Crippen MR) is 86.3 cm³/mol. The van der Waals surface area contributed by atoms with Crippen LogP contribution in [0.5, 0.6) is 0 Å². The second kappa shape index (κ2) is 6.72. The van der Waals surface area contributed by atoms with Crippen molar-refractivity contribution in [2.24, 2.45) is 0 Å². The van der Waals surface area contributed by atoms with E-state index in [0.29, 0.717) is 23.6 Å². The van der Waals surface area contributed by atoms with Gasteiger partial charge in [-0.3, -0.25) is 9.59 Å². The summed E-state index contributed by atoms with van der Waals surface area (Å²) in [6, 6.07) is 10.8. The Kier molecular flexibility index (Phi) is 4.50. The smallest absolute Gasteiger partial charge is 0.238 e. The molecule has 0 radical (unpaired) electrons. The fraction of sp³-hybridized carbons (Fsp3) is 0.125. The Morgan fingerprint density at radius 2 is 2.00 bits per heavy atom. The quantitative estimate of drug-likeness (QED) is 0.703. The molecule has 0 atom stereocenters. The molecule has 3 aromatic heterocycles. The first kappa shape index (κ1) is 14.7. The number of hydrogen-bond acceptors (Lipinski definition) is 5. The van der Waals surface area contributed by atoms with Gasteiger partial charge in [-0.05, 0) is 35.7 Å². The molecule has 0 bridgehead atoms. The fourth-order valence-corrected chi connectivity index (χ4v) is 3.54. The molecule has 0 unspecified atom stereocenters. The number of rotatable bonds is 6. The number of carbonyl (C=O) groups is 2. The zero-order valence-corrected chi connectivity index (χ0v) is 13.2. The Bertz CT molecular complexity index is 757. The molecule has 0 saturated heterocycles. The van der Waals surface area contributed by atoms with Crippen LogP contribution in [0.4, 0.5) is 0 Å². The van der Waals surface area contributed by atoms with Gasteiger partial charge in [-0.25, -0.2) is 0 Å². The molecule has 0 aromatic carbocycles. The first-order valence-corrected chi connectivity index (χ1v) is 8.38. The molecule has 112 valence electrons. The van der Waals surface area contributed by atoms with Crippen molar-refractivity contribution in [2.75, 3.05) is 0 Å². The summed E-state index contributed by atoms with van der Waals surface area (Å²) < 4.78 is 5.10. The number of hydrogen-bond donors (Lipinski definition) is 1. The second-order valence-corrected chi connectivity index (χ2v) is 6.81. The van der Waals surface area contributed by atoms with Gasteiger partial charge in [-0.1, -0.05) is 6.07 Å². The van der Waals surface area contributed by atoms with E-state index in [1.165, 1.54) is 17.6 Å². The largest absolute Gasteiger partial charge is 0.461 e. The van der Waals surface area contributed by atoms with Gasteiger partial charge in [0.1, 0.15) is 0 Å². The Morgan fingerprint density at radius 1 is 1.09 bits per heavy atom. The van der Waals surface area contributed by atoms with E-state index in [1.807, 2.05) is 23.6 Å². The molecule has 3 aromatic rings.